The zero-order valence-electron chi connectivity index (χ0n) is 9.58. The van der Waals surface area contributed by atoms with Gasteiger partial charge in [0.2, 0.25) is 0 Å². The second-order valence-corrected chi connectivity index (χ2v) is 4.57. The molecule has 0 amide bonds. The molecule has 5 heteroatoms. The molecule has 3 nitrogen and oxygen atoms in total. The number of hydrogen-bond donors (Lipinski definition) is 1. The van der Waals surface area contributed by atoms with Crippen LogP contribution in [0.15, 0.2) is 18.2 Å². The Bertz CT molecular complexity index is 396. The van der Waals surface area contributed by atoms with E-state index in [0.29, 0.717) is 28.6 Å². The summed E-state index contributed by atoms with van der Waals surface area (Å²) in [5.74, 6) is -0.186. The third-order valence-corrected chi connectivity index (χ3v) is 2.96. The van der Waals surface area contributed by atoms with E-state index in [2.05, 4.69) is 0 Å². The summed E-state index contributed by atoms with van der Waals surface area (Å²) in [6.45, 7) is 0.588. The van der Waals surface area contributed by atoms with E-state index in [-0.39, 0.29) is 5.78 Å². The topological polar surface area (TPSA) is 52.3 Å². The van der Waals surface area contributed by atoms with Gasteiger partial charge >= 0.3 is 0 Å². The van der Waals surface area contributed by atoms with Crippen molar-refractivity contribution in [3.8, 4) is 0 Å². The van der Waals surface area contributed by atoms with Gasteiger partial charge < -0.3 is 10.5 Å². The molecule has 1 atom stereocenters. The smallest absolute Gasteiger partial charge is 0.181 e. The number of ether oxygens (including phenoxy) is 1. The summed E-state index contributed by atoms with van der Waals surface area (Å²) in [7, 11) is 1.61. The first-order chi connectivity index (χ1) is 8.06. The molecule has 0 spiro atoms. The van der Waals surface area contributed by atoms with Crippen molar-refractivity contribution in [3.05, 3.63) is 33.8 Å². The van der Waals surface area contributed by atoms with Gasteiger partial charge in [0.05, 0.1) is 11.1 Å². The van der Waals surface area contributed by atoms with Crippen LogP contribution in [0.25, 0.3) is 0 Å². The Morgan fingerprint density at radius 3 is 2.82 bits per heavy atom. The van der Waals surface area contributed by atoms with Crippen molar-refractivity contribution in [2.45, 2.75) is 18.9 Å². The zero-order chi connectivity index (χ0) is 12.8. The highest BCUT2D eigenvalue weighted by Gasteiger charge is 2.18. The lowest BCUT2D eigenvalue weighted by atomic mass is 10.0. The molecule has 94 valence electrons. The minimum Gasteiger partial charge on any atom is -0.385 e. The van der Waals surface area contributed by atoms with Crippen molar-refractivity contribution in [1.29, 1.82) is 0 Å². The minimum absolute atomic E-state index is 0.186. The molecular weight excluding hydrogens is 261 g/mol. The van der Waals surface area contributed by atoms with Crippen LogP contribution < -0.4 is 5.73 Å². The summed E-state index contributed by atoms with van der Waals surface area (Å²) < 4.78 is 4.91. The molecule has 1 rings (SSSR count). The molecule has 0 fully saturated rings. The highest BCUT2D eigenvalue weighted by atomic mass is 35.5. The molecule has 2 N–H and O–H groups in total. The summed E-state index contributed by atoms with van der Waals surface area (Å²) in [6, 6.07) is 4.21. The van der Waals surface area contributed by atoms with E-state index in [1.165, 1.54) is 0 Å². The monoisotopic (exact) mass is 275 g/mol. The molecule has 0 radical (unpaired) electrons. The number of nitrogens with two attached hydrogens (primary N) is 1. The Hall–Kier alpha value is -0.610. The van der Waals surface area contributed by atoms with E-state index >= 15 is 0 Å². The fourth-order valence-electron chi connectivity index (χ4n) is 1.46. The molecular formula is C12H15Cl2NO2. The lowest BCUT2D eigenvalue weighted by molar-refractivity contribution is 0.0950. The number of rotatable bonds is 6. The lowest BCUT2D eigenvalue weighted by Gasteiger charge is -2.11. The minimum atomic E-state index is -0.568. The summed E-state index contributed by atoms with van der Waals surface area (Å²) in [5, 5.41) is 0.850. The summed E-state index contributed by atoms with van der Waals surface area (Å²) in [6.07, 6.45) is 1.30. The van der Waals surface area contributed by atoms with Gasteiger partial charge in [0, 0.05) is 24.3 Å². The summed E-state index contributed by atoms with van der Waals surface area (Å²) >= 11 is 11.8. The SMILES string of the molecule is COCCCC(N)C(=O)c1cc(Cl)ccc1Cl. The van der Waals surface area contributed by atoms with Crippen molar-refractivity contribution in [2.24, 2.45) is 5.73 Å². The second-order valence-electron chi connectivity index (χ2n) is 3.73. The van der Waals surface area contributed by atoms with Gasteiger partial charge in [0.25, 0.3) is 0 Å². The molecule has 1 aromatic rings. The van der Waals surface area contributed by atoms with Gasteiger partial charge in [-0.15, -0.1) is 0 Å². The Morgan fingerprint density at radius 2 is 2.18 bits per heavy atom. The lowest BCUT2D eigenvalue weighted by Crippen LogP contribution is -2.31. The van der Waals surface area contributed by atoms with Crippen molar-refractivity contribution in [2.75, 3.05) is 13.7 Å². The van der Waals surface area contributed by atoms with E-state index in [1.54, 1.807) is 25.3 Å². The Morgan fingerprint density at radius 1 is 1.47 bits per heavy atom. The third-order valence-electron chi connectivity index (χ3n) is 2.39. The fraction of sp³-hybridized carbons (Fsp3) is 0.417. The predicted octanol–water partition coefficient (Wildman–Crippen LogP) is 2.93. The first kappa shape index (κ1) is 14.5. The van der Waals surface area contributed by atoms with Crippen LogP contribution in [0.5, 0.6) is 0 Å². The summed E-state index contributed by atoms with van der Waals surface area (Å²) in [4.78, 5) is 12.0. The van der Waals surface area contributed by atoms with Crippen LogP contribution in [0.1, 0.15) is 23.2 Å². The number of Topliss-reactive ketones (excluding diaryl/α,β-unsaturated/α-hetero) is 1. The molecule has 0 saturated carbocycles. The molecule has 0 saturated heterocycles. The highest BCUT2D eigenvalue weighted by Crippen LogP contribution is 2.22. The van der Waals surface area contributed by atoms with Gasteiger partial charge in [0.1, 0.15) is 0 Å². The number of benzene rings is 1. The number of methoxy groups -OCH3 is 1. The van der Waals surface area contributed by atoms with Crippen molar-refractivity contribution < 1.29 is 9.53 Å². The number of ketones is 1. The largest absolute Gasteiger partial charge is 0.385 e. The molecule has 0 aliphatic heterocycles. The summed E-state index contributed by atoms with van der Waals surface area (Å²) in [5.41, 5.74) is 6.18. The van der Waals surface area contributed by atoms with E-state index in [4.69, 9.17) is 33.7 Å². The number of halogens is 2. The first-order valence-corrected chi connectivity index (χ1v) is 6.05. The Labute approximate surface area is 111 Å². The van der Waals surface area contributed by atoms with Crippen molar-refractivity contribution in [3.63, 3.8) is 0 Å². The van der Waals surface area contributed by atoms with Gasteiger partial charge in [-0.2, -0.15) is 0 Å². The van der Waals surface area contributed by atoms with Crippen LogP contribution >= 0.6 is 23.2 Å². The molecule has 0 aliphatic carbocycles. The van der Waals surface area contributed by atoms with Crippen LogP contribution in [-0.4, -0.2) is 25.5 Å². The standard InChI is InChI=1S/C12H15Cl2NO2/c1-17-6-2-3-11(15)12(16)9-7-8(13)4-5-10(9)14/h4-5,7,11H,2-3,6,15H2,1H3. The van der Waals surface area contributed by atoms with Gasteiger partial charge in [-0.3, -0.25) is 4.79 Å². The van der Waals surface area contributed by atoms with E-state index in [9.17, 15) is 4.79 Å². The van der Waals surface area contributed by atoms with Gasteiger partial charge in [-0.25, -0.2) is 0 Å². The molecule has 0 bridgehead atoms. The quantitative estimate of drug-likeness (QED) is 0.642. The van der Waals surface area contributed by atoms with E-state index in [0.717, 1.165) is 6.42 Å². The van der Waals surface area contributed by atoms with Crippen LogP contribution in [0.2, 0.25) is 10.0 Å². The maximum atomic E-state index is 12.0. The second kappa shape index (κ2) is 6.97. The van der Waals surface area contributed by atoms with Crippen LogP contribution in [0.4, 0.5) is 0 Å². The molecule has 0 heterocycles. The average molecular weight is 276 g/mol. The average Bonchev–Trinajstić information content (AvgIpc) is 2.31. The molecule has 17 heavy (non-hydrogen) atoms. The van der Waals surface area contributed by atoms with E-state index < -0.39 is 6.04 Å². The number of carbonyl (C=O) groups excluding carboxylic acids is 1. The Balaban J connectivity index is 2.71. The van der Waals surface area contributed by atoms with Gasteiger partial charge in [-0.05, 0) is 31.0 Å². The third kappa shape index (κ3) is 4.28. The normalized spacial score (nSPS) is 12.5. The molecule has 0 aromatic heterocycles. The van der Waals surface area contributed by atoms with Crippen LogP contribution in [0.3, 0.4) is 0 Å². The van der Waals surface area contributed by atoms with Gasteiger partial charge in [-0.1, -0.05) is 23.2 Å². The van der Waals surface area contributed by atoms with Gasteiger partial charge in [0.15, 0.2) is 5.78 Å². The number of hydrogen-bond acceptors (Lipinski definition) is 3. The maximum Gasteiger partial charge on any atom is 0.181 e. The van der Waals surface area contributed by atoms with Crippen LogP contribution in [0, 0.1) is 0 Å². The fourth-order valence-corrected chi connectivity index (χ4v) is 1.85. The zero-order valence-corrected chi connectivity index (χ0v) is 11.1. The first-order valence-electron chi connectivity index (χ1n) is 5.30. The predicted molar refractivity (Wildman–Crippen MR) is 69.9 cm³/mol. The highest BCUT2D eigenvalue weighted by molar-refractivity contribution is 6.36. The molecule has 0 aliphatic rings. The van der Waals surface area contributed by atoms with Crippen LogP contribution in [-0.2, 0) is 4.74 Å². The van der Waals surface area contributed by atoms with Crippen molar-refractivity contribution in [1.82, 2.24) is 0 Å². The molecule has 1 unspecified atom stereocenters. The maximum absolute atomic E-state index is 12.0. The van der Waals surface area contributed by atoms with E-state index in [1.807, 2.05) is 0 Å². The Kier molecular flexibility index (Phi) is 5.92. The molecule has 1 aromatic carbocycles. The number of carbonyl (C=O) groups is 1. The van der Waals surface area contributed by atoms with Crippen molar-refractivity contribution >= 4 is 29.0 Å².